The van der Waals surface area contributed by atoms with Crippen LogP contribution < -0.4 is 5.73 Å². The van der Waals surface area contributed by atoms with Crippen molar-refractivity contribution >= 4 is 29.0 Å². The van der Waals surface area contributed by atoms with Crippen molar-refractivity contribution in [2.75, 3.05) is 5.73 Å². The van der Waals surface area contributed by atoms with Gasteiger partial charge in [-0.25, -0.2) is 9.97 Å². The van der Waals surface area contributed by atoms with Crippen LogP contribution in [0.15, 0.2) is 42.5 Å². The Morgan fingerprint density at radius 1 is 1.04 bits per heavy atom. The van der Waals surface area contributed by atoms with Gasteiger partial charge in [0.2, 0.25) is 0 Å². The molecule has 1 heterocycles. The summed E-state index contributed by atoms with van der Waals surface area (Å²) in [6.07, 6.45) is 0. The molecule has 3 aromatic rings. The fraction of sp³-hybridized carbons (Fsp3) is 0.0556. The molecule has 24 heavy (non-hydrogen) atoms. The van der Waals surface area contributed by atoms with E-state index in [2.05, 4.69) is 16.0 Å². The van der Waals surface area contributed by atoms with Crippen LogP contribution in [0.5, 0.6) is 0 Å². The van der Waals surface area contributed by atoms with Gasteiger partial charge in [0.15, 0.2) is 5.82 Å². The van der Waals surface area contributed by atoms with Crippen molar-refractivity contribution in [3.63, 3.8) is 0 Å². The molecule has 0 fully saturated rings. The largest absolute Gasteiger partial charge is 0.382 e. The van der Waals surface area contributed by atoms with Crippen LogP contribution in [0.4, 0.5) is 5.82 Å². The van der Waals surface area contributed by atoms with Crippen LogP contribution in [0.25, 0.3) is 22.6 Å². The van der Waals surface area contributed by atoms with Crippen LogP contribution >= 0.6 is 23.2 Å². The van der Waals surface area contributed by atoms with E-state index < -0.39 is 0 Å². The van der Waals surface area contributed by atoms with Gasteiger partial charge in [-0.05, 0) is 25.1 Å². The highest BCUT2D eigenvalue weighted by molar-refractivity contribution is 6.36. The molecule has 1 aromatic heterocycles. The van der Waals surface area contributed by atoms with E-state index in [1.54, 1.807) is 18.2 Å². The molecular weight excluding hydrogens is 343 g/mol. The Hall–Kier alpha value is -2.61. The fourth-order valence-electron chi connectivity index (χ4n) is 2.30. The lowest BCUT2D eigenvalue weighted by atomic mass is 10.1. The average Bonchev–Trinajstić information content (AvgIpc) is 2.55. The molecule has 2 aromatic carbocycles. The third-order valence-corrected chi connectivity index (χ3v) is 4.09. The minimum absolute atomic E-state index is 0.115. The highest BCUT2D eigenvalue weighted by Crippen LogP contribution is 2.34. The van der Waals surface area contributed by atoms with E-state index in [9.17, 15) is 5.26 Å². The summed E-state index contributed by atoms with van der Waals surface area (Å²) in [5.74, 6) is 0.552. The van der Waals surface area contributed by atoms with Crippen LogP contribution in [0.2, 0.25) is 10.0 Å². The minimum atomic E-state index is 0.115. The number of nitrogens with two attached hydrogens (primary N) is 1. The SMILES string of the molecule is Cc1ccc(-c2nc(N)c(C#N)c(-c3ccc(Cl)cc3Cl)n2)cc1. The number of rotatable bonds is 2. The number of nitrogens with zero attached hydrogens (tertiary/aromatic N) is 3. The number of aromatic nitrogens is 2. The summed E-state index contributed by atoms with van der Waals surface area (Å²) >= 11 is 12.2. The van der Waals surface area contributed by atoms with Crippen molar-refractivity contribution in [2.45, 2.75) is 6.92 Å². The van der Waals surface area contributed by atoms with Crippen LogP contribution in [0.3, 0.4) is 0 Å². The normalized spacial score (nSPS) is 10.4. The molecular formula is C18H12Cl2N4. The molecule has 0 aliphatic heterocycles. The molecule has 0 unspecified atom stereocenters. The first-order valence-corrected chi connectivity index (χ1v) is 7.85. The predicted molar refractivity (Wildman–Crippen MR) is 96.8 cm³/mol. The Labute approximate surface area is 149 Å². The van der Waals surface area contributed by atoms with Crippen molar-refractivity contribution in [2.24, 2.45) is 0 Å². The number of hydrogen-bond donors (Lipinski definition) is 1. The van der Waals surface area contributed by atoms with Gasteiger partial charge in [0.1, 0.15) is 17.5 Å². The van der Waals surface area contributed by atoms with Crippen LogP contribution in [0.1, 0.15) is 11.1 Å². The van der Waals surface area contributed by atoms with E-state index in [4.69, 9.17) is 28.9 Å². The maximum absolute atomic E-state index is 9.42. The van der Waals surface area contributed by atoms with Crippen molar-refractivity contribution < 1.29 is 0 Å². The second kappa shape index (κ2) is 6.48. The average molecular weight is 355 g/mol. The summed E-state index contributed by atoms with van der Waals surface area (Å²) in [7, 11) is 0. The third-order valence-electron chi connectivity index (χ3n) is 3.54. The van der Waals surface area contributed by atoms with Gasteiger partial charge in [-0.15, -0.1) is 0 Å². The molecule has 0 amide bonds. The maximum Gasteiger partial charge on any atom is 0.162 e. The number of aryl methyl sites for hydroxylation is 1. The summed E-state index contributed by atoms with van der Waals surface area (Å²) in [5.41, 5.74) is 9.07. The van der Waals surface area contributed by atoms with E-state index in [0.29, 0.717) is 27.1 Å². The number of anilines is 1. The smallest absolute Gasteiger partial charge is 0.162 e. The standard InChI is InChI=1S/C18H12Cl2N4/c1-10-2-4-11(5-3-10)18-23-16(14(9-21)17(22)24-18)13-7-6-12(19)8-15(13)20/h2-8H,1H3,(H2,22,23,24). The molecule has 3 rings (SSSR count). The Morgan fingerprint density at radius 3 is 2.38 bits per heavy atom. The highest BCUT2D eigenvalue weighted by Gasteiger charge is 2.17. The Balaban J connectivity index is 2.24. The van der Waals surface area contributed by atoms with Crippen LogP contribution in [-0.2, 0) is 0 Å². The van der Waals surface area contributed by atoms with Gasteiger partial charge in [-0.3, -0.25) is 0 Å². The van der Waals surface area contributed by atoms with Gasteiger partial charge >= 0.3 is 0 Å². The van der Waals surface area contributed by atoms with Gasteiger partial charge in [0.25, 0.3) is 0 Å². The number of nitrogen functional groups attached to an aromatic ring is 1. The lowest BCUT2D eigenvalue weighted by Gasteiger charge is -2.10. The number of hydrogen-bond acceptors (Lipinski definition) is 4. The monoisotopic (exact) mass is 354 g/mol. The predicted octanol–water partition coefficient (Wildman–Crippen LogP) is 4.88. The Morgan fingerprint density at radius 2 is 1.75 bits per heavy atom. The lowest BCUT2D eigenvalue weighted by molar-refractivity contribution is 1.17. The molecule has 2 N–H and O–H groups in total. The van der Waals surface area contributed by atoms with E-state index in [1.165, 1.54) is 0 Å². The number of nitriles is 1. The van der Waals surface area contributed by atoms with Gasteiger partial charge < -0.3 is 5.73 Å². The molecule has 0 radical (unpaired) electrons. The minimum Gasteiger partial charge on any atom is -0.382 e. The van der Waals surface area contributed by atoms with Crippen molar-refractivity contribution in [1.82, 2.24) is 9.97 Å². The van der Waals surface area contributed by atoms with Crippen molar-refractivity contribution in [3.8, 4) is 28.7 Å². The van der Waals surface area contributed by atoms with Gasteiger partial charge in [-0.1, -0.05) is 53.0 Å². The van der Waals surface area contributed by atoms with Crippen LogP contribution in [-0.4, -0.2) is 9.97 Å². The fourth-order valence-corrected chi connectivity index (χ4v) is 2.79. The number of benzene rings is 2. The van der Waals surface area contributed by atoms with E-state index >= 15 is 0 Å². The zero-order chi connectivity index (χ0) is 17.3. The molecule has 0 saturated carbocycles. The molecule has 0 aliphatic rings. The molecule has 4 nitrogen and oxygen atoms in total. The highest BCUT2D eigenvalue weighted by atomic mass is 35.5. The van der Waals surface area contributed by atoms with Crippen molar-refractivity contribution in [3.05, 3.63) is 63.6 Å². The topological polar surface area (TPSA) is 75.6 Å². The zero-order valence-electron chi connectivity index (χ0n) is 12.7. The van der Waals surface area contributed by atoms with Gasteiger partial charge in [0.05, 0.1) is 10.7 Å². The second-order valence-electron chi connectivity index (χ2n) is 5.26. The first-order valence-electron chi connectivity index (χ1n) is 7.09. The van der Waals surface area contributed by atoms with Crippen molar-refractivity contribution in [1.29, 1.82) is 5.26 Å². The van der Waals surface area contributed by atoms with E-state index in [0.717, 1.165) is 11.1 Å². The quantitative estimate of drug-likeness (QED) is 0.711. The summed E-state index contributed by atoms with van der Waals surface area (Å²) in [6.45, 7) is 2.00. The molecule has 0 atom stereocenters. The maximum atomic E-state index is 9.42. The molecule has 0 aliphatic carbocycles. The van der Waals surface area contributed by atoms with E-state index in [1.807, 2.05) is 31.2 Å². The van der Waals surface area contributed by atoms with Gasteiger partial charge in [0, 0.05) is 16.1 Å². The van der Waals surface area contributed by atoms with E-state index in [-0.39, 0.29) is 11.4 Å². The molecule has 0 saturated heterocycles. The molecule has 6 heteroatoms. The lowest BCUT2D eigenvalue weighted by Crippen LogP contribution is -2.03. The Bertz CT molecular complexity index is 960. The third kappa shape index (κ3) is 3.05. The van der Waals surface area contributed by atoms with Gasteiger partial charge in [-0.2, -0.15) is 5.26 Å². The summed E-state index contributed by atoms with van der Waals surface area (Å²) in [6, 6.07) is 14.8. The molecule has 0 bridgehead atoms. The Kier molecular flexibility index (Phi) is 4.39. The van der Waals surface area contributed by atoms with Crippen LogP contribution in [0, 0.1) is 18.3 Å². The molecule has 0 spiro atoms. The first-order chi connectivity index (χ1) is 11.5. The summed E-state index contributed by atoms with van der Waals surface area (Å²) < 4.78 is 0. The summed E-state index contributed by atoms with van der Waals surface area (Å²) in [4.78, 5) is 8.78. The first kappa shape index (κ1) is 16.3. The second-order valence-corrected chi connectivity index (χ2v) is 6.10. The zero-order valence-corrected chi connectivity index (χ0v) is 14.2. The molecule has 118 valence electrons. The summed E-state index contributed by atoms with van der Waals surface area (Å²) in [5, 5.41) is 10.3. The number of halogens is 2.